The Morgan fingerprint density at radius 2 is 1.90 bits per heavy atom. The second-order valence-electron chi connectivity index (χ2n) is 9.11. The summed E-state index contributed by atoms with van der Waals surface area (Å²) in [5, 5.41) is -0.247. The molecule has 0 saturated carbocycles. The Morgan fingerprint density at radius 3 is 2.51 bits per heavy atom. The predicted molar refractivity (Wildman–Crippen MR) is 139 cm³/mol. The quantitative estimate of drug-likeness (QED) is 0.314. The Bertz CT molecular complexity index is 1710. The fourth-order valence-electron chi connectivity index (χ4n) is 4.45. The summed E-state index contributed by atoms with van der Waals surface area (Å²) in [5.74, 6) is -0.633. The van der Waals surface area contributed by atoms with Gasteiger partial charge in [0.05, 0.1) is 23.0 Å². The number of sulfonamides is 1. The topological polar surface area (TPSA) is 88.1 Å². The summed E-state index contributed by atoms with van der Waals surface area (Å²) in [7, 11) is -0.808. The molecule has 39 heavy (non-hydrogen) atoms. The third-order valence-corrected chi connectivity index (χ3v) is 8.75. The Labute approximate surface area is 227 Å². The molecule has 204 valence electrons. The molecule has 1 aliphatic rings. The molecule has 0 radical (unpaired) electrons. The summed E-state index contributed by atoms with van der Waals surface area (Å²) in [6, 6.07) is 9.04. The lowest BCUT2D eigenvalue weighted by Gasteiger charge is -2.27. The molecule has 0 aliphatic carbocycles. The molecular weight excluding hydrogens is 557 g/mol. The summed E-state index contributed by atoms with van der Waals surface area (Å²) in [4.78, 5) is 18.9. The monoisotopic (exact) mass is 578 g/mol. The number of hydrogen-bond donors (Lipinski definition) is 0. The van der Waals surface area contributed by atoms with Crippen LogP contribution in [0.25, 0.3) is 22.3 Å². The molecule has 1 amide bonds. The molecule has 0 N–H and O–H groups in total. The van der Waals surface area contributed by atoms with Gasteiger partial charge in [-0.15, -0.1) is 0 Å². The minimum absolute atomic E-state index is 0.0983. The molecule has 8 nitrogen and oxygen atoms in total. The molecule has 3 aromatic heterocycles. The Morgan fingerprint density at radius 1 is 1.15 bits per heavy atom. The second-order valence-corrected chi connectivity index (χ2v) is 11.6. The van der Waals surface area contributed by atoms with Gasteiger partial charge in [0.25, 0.3) is 5.91 Å². The van der Waals surface area contributed by atoms with Crippen molar-refractivity contribution in [2.45, 2.75) is 17.5 Å². The maximum Gasteiger partial charge on any atom is 0.420 e. The SMILES string of the molecule is CN(C)S(=O)(=O)c1ccccc1C1=CCN(C(=O)c2nc3c(C(F)(F)F)cc(-c4ccoc4)cn3c2Cl)CC1. The van der Waals surface area contributed by atoms with Crippen LogP contribution >= 0.6 is 11.6 Å². The van der Waals surface area contributed by atoms with E-state index in [0.717, 1.165) is 20.3 Å². The van der Waals surface area contributed by atoms with Gasteiger partial charge in [0.2, 0.25) is 10.0 Å². The fraction of sp³-hybridized carbons (Fsp3) is 0.231. The molecule has 5 rings (SSSR count). The molecule has 13 heteroatoms. The van der Waals surface area contributed by atoms with E-state index in [9.17, 15) is 26.4 Å². The number of alkyl halides is 3. The van der Waals surface area contributed by atoms with Crippen molar-refractivity contribution in [1.29, 1.82) is 0 Å². The number of benzene rings is 1. The van der Waals surface area contributed by atoms with Gasteiger partial charge in [-0.3, -0.25) is 9.20 Å². The predicted octanol–water partition coefficient (Wildman–Crippen LogP) is 5.45. The van der Waals surface area contributed by atoms with Gasteiger partial charge >= 0.3 is 6.18 Å². The standard InChI is InChI=1S/C26H22ClF3N4O4S/c1-32(2)39(36,37)21-6-4-3-5-19(21)16-7-10-33(11-8-16)25(35)22-23(27)34-14-18(17-9-12-38-15-17)13-20(24(34)31-22)26(28,29)30/h3-7,9,12-15H,8,10-11H2,1-2H3. The fourth-order valence-corrected chi connectivity index (χ4v) is 5.82. The average Bonchev–Trinajstić information content (AvgIpc) is 3.56. The number of pyridine rings is 1. The van der Waals surface area contributed by atoms with Crippen LogP contribution in [-0.2, 0) is 16.2 Å². The minimum Gasteiger partial charge on any atom is -0.472 e. The van der Waals surface area contributed by atoms with Crippen molar-refractivity contribution in [2.75, 3.05) is 27.2 Å². The van der Waals surface area contributed by atoms with E-state index < -0.39 is 33.3 Å². The van der Waals surface area contributed by atoms with Gasteiger partial charge in [0.15, 0.2) is 11.3 Å². The number of carbonyl (C=O) groups is 1. The van der Waals surface area contributed by atoms with Crippen LogP contribution < -0.4 is 0 Å². The van der Waals surface area contributed by atoms with E-state index in [-0.39, 0.29) is 34.4 Å². The van der Waals surface area contributed by atoms with Crippen molar-refractivity contribution >= 4 is 38.8 Å². The lowest BCUT2D eigenvalue weighted by Crippen LogP contribution is -2.35. The number of carbonyl (C=O) groups excluding carboxylic acids is 1. The molecule has 4 aromatic rings. The highest BCUT2D eigenvalue weighted by Gasteiger charge is 2.37. The van der Waals surface area contributed by atoms with Gasteiger partial charge in [0.1, 0.15) is 5.15 Å². The van der Waals surface area contributed by atoms with Crippen LogP contribution in [0.15, 0.2) is 70.5 Å². The Balaban J connectivity index is 1.49. The van der Waals surface area contributed by atoms with Gasteiger partial charge < -0.3 is 9.32 Å². The molecular formula is C26H22ClF3N4O4S. The summed E-state index contributed by atoms with van der Waals surface area (Å²) in [6.07, 6.45) is 1.32. The van der Waals surface area contributed by atoms with Gasteiger partial charge in [-0.25, -0.2) is 17.7 Å². The van der Waals surface area contributed by atoms with Crippen molar-refractivity contribution in [3.8, 4) is 11.1 Å². The molecule has 1 aromatic carbocycles. The molecule has 0 bridgehead atoms. The van der Waals surface area contributed by atoms with Gasteiger partial charge in [-0.2, -0.15) is 13.2 Å². The Kier molecular flexibility index (Phi) is 6.81. The number of amides is 1. The third-order valence-electron chi connectivity index (χ3n) is 6.51. The first-order valence-corrected chi connectivity index (χ1v) is 13.5. The highest BCUT2D eigenvalue weighted by atomic mass is 35.5. The number of aromatic nitrogens is 2. The summed E-state index contributed by atoms with van der Waals surface area (Å²) in [6.45, 7) is 0.290. The highest BCUT2D eigenvalue weighted by molar-refractivity contribution is 7.89. The lowest BCUT2D eigenvalue weighted by molar-refractivity contribution is -0.136. The minimum atomic E-state index is -4.75. The summed E-state index contributed by atoms with van der Waals surface area (Å²) >= 11 is 6.43. The van der Waals surface area contributed by atoms with Crippen LogP contribution in [0.1, 0.15) is 28.0 Å². The molecule has 0 saturated heterocycles. The van der Waals surface area contributed by atoms with Crippen LogP contribution in [0.2, 0.25) is 5.15 Å². The van der Waals surface area contributed by atoms with Crippen LogP contribution in [0.4, 0.5) is 13.2 Å². The molecule has 0 fully saturated rings. The van der Waals surface area contributed by atoms with E-state index in [4.69, 9.17) is 16.0 Å². The van der Waals surface area contributed by atoms with Crippen LogP contribution in [0, 0.1) is 0 Å². The maximum atomic E-state index is 13.9. The zero-order valence-electron chi connectivity index (χ0n) is 20.7. The molecule has 1 aliphatic heterocycles. The smallest absolute Gasteiger partial charge is 0.420 e. The number of imidazole rings is 1. The number of hydrogen-bond acceptors (Lipinski definition) is 5. The van der Waals surface area contributed by atoms with E-state index >= 15 is 0 Å². The van der Waals surface area contributed by atoms with E-state index in [0.29, 0.717) is 17.5 Å². The number of furan rings is 1. The van der Waals surface area contributed by atoms with Crippen molar-refractivity contribution in [3.63, 3.8) is 0 Å². The normalized spacial score (nSPS) is 14.7. The summed E-state index contributed by atoms with van der Waals surface area (Å²) < 4.78 is 74.6. The first kappa shape index (κ1) is 27.0. The number of rotatable bonds is 5. The summed E-state index contributed by atoms with van der Waals surface area (Å²) in [5.41, 5.74) is 0.0415. The zero-order chi connectivity index (χ0) is 28.1. The maximum absolute atomic E-state index is 13.9. The largest absolute Gasteiger partial charge is 0.472 e. The van der Waals surface area contributed by atoms with E-state index in [2.05, 4.69) is 4.98 Å². The van der Waals surface area contributed by atoms with Crippen molar-refractivity contribution in [2.24, 2.45) is 0 Å². The van der Waals surface area contributed by atoms with E-state index in [1.807, 2.05) is 0 Å². The Hall–Kier alpha value is -3.61. The van der Waals surface area contributed by atoms with Crippen LogP contribution in [0.5, 0.6) is 0 Å². The van der Waals surface area contributed by atoms with Gasteiger partial charge in [0, 0.05) is 44.5 Å². The highest BCUT2D eigenvalue weighted by Crippen LogP contribution is 2.37. The van der Waals surface area contributed by atoms with Crippen LogP contribution in [0.3, 0.4) is 0 Å². The first-order valence-electron chi connectivity index (χ1n) is 11.7. The lowest BCUT2D eigenvalue weighted by atomic mass is 9.99. The number of halogens is 4. The molecule has 0 atom stereocenters. The van der Waals surface area contributed by atoms with Crippen molar-refractivity contribution < 1.29 is 30.8 Å². The van der Waals surface area contributed by atoms with Crippen molar-refractivity contribution in [3.05, 3.63) is 83.2 Å². The molecule has 0 unspecified atom stereocenters. The van der Waals surface area contributed by atoms with Gasteiger partial charge in [-0.1, -0.05) is 35.9 Å². The zero-order valence-corrected chi connectivity index (χ0v) is 22.3. The molecule has 0 spiro atoms. The van der Waals surface area contributed by atoms with Gasteiger partial charge in [-0.05, 0) is 35.8 Å². The average molecular weight is 579 g/mol. The van der Waals surface area contributed by atoms with Crippen LogP contribution in [-0.4, -0.2) is 60.1 Å². The second kappa shape index (κ2) is 9.85. The molecule has 4 heterocycles. The first-order chi connectivity index (χ1) is 18.4. The number of fused-ring (bicyclic) bond motifs is 1. The van der Waals surface area contributed by atoms with Crippen molar-refractivity contribution in [1.82, 2.24) is 18.6 Å². The third kappa shape index (κ3) is 4.83. The van der Waals surface area contributed by atoms with E-state index in [1.54, 1.807) is 24.3 Å². The number of nitrogens with zero attached hydrogens (tertiary/aromatic N) is 4. The van der Waals surface area contributed by atoms with E-state index in [1.165, 1.54) is 49.9 Å².